The first-order valence-electron chi connectivity index (χ1n) is 2.90. The van der Waals surface area contributed by atoms with Crippen molar-refractivity contribution in [1.29, 1.82) is 5.26 Å². The highest BCUT2D eigenvalue weighted by Crippen LogP contribution is 2.11. The van der Waals surface area contributed by atoms with E-state index in [1.807, 2.05) is 17.5 Å². The van der Waals surface area contributed by atoms with Crippen molar-refractivity contribution >= 4 is 23.7 Å². The fraction of sp³-hybridized carbons (Fsp3) is 0. The Morgan fingerprint density at radius 2 is 2.55 bits per heavy atom. The molecule has 0 fully saturated rings. The molecule has 0 N–H and O–H groups in total. The topological polar surface area (TPSA) is 40.9 Å². The largest absolute Gasteiger partial charge is 0.284 e. The lowest BCUT2D eigenvalue weighted by atomic mass is 10.3. The Morgan fingerprint density at radius 1 is 1.73 bits per heavy atom. The zero-order valence-electron chi connectivity index (χ0n) is 5.57. The summed E-state index contributed by atoms with van der Waals surface area (Å²) >= 11 is 1.48. The molecule has 2 nitrogen and oxygen atoms in total. The lowest BCUT2D eigenvalue weighted by molar-refractivity contribution is 0.563. The first-order chi connectivity index (χ1) is 5.36. The molecule has 0 saturated carbocycles. The summed E-state index contributed by atoms with van der Waals surface area (Å²) in [5, 5.41) is 10.2. The number of thiophene rings is 1. The van der Waals surface area contributed by atoms with Gasteiger partial charge in [-0.1, -0.05) is 6.07 Å². The molecule has 0 spiro atoms. The minimum absolute atomic E-state index is 0.0347. The fourth-order valence-corrected chi connectivity index (χ4v) is 1.26. The molecular formula is C8H4NOS. The molecule has 0 aliphatic heterocycles. The summed E-state index contributed by atoms with van der Waals surface area (Å²) in [7, 11) is 0. The van der Waals surface area contributed by atoms with E-state index in [-0.39, 0.29) is 5.57 Å². The molecule has 1 rings (SSSR count). The van der Waals surface area contributed by atoms with Crippen molar-refractivity contribution in [3.05, 3.63) is 28.0 Å². The van der Waals surface area contributed by atoms with Gasteiger partial charge in [0.15, 0.2) is 0 Å². The summed E-state index contributed by atoms with van der Waals surface area (Å²) < 4.78 is 0. The molecule has 0 atom stereocenters. The number of nitriles is 1. The smallest absolute Gasteiger partial charge is 0.244 e. The molecule has 0 aromatic carbocycles. The fourth-order valence-electron chi connectivity index (χ4n) is 0.600. The van der Waals surface area contributed by atoms with E-state index in [1.165, 1.54) is 17.4 Å². The van der Waals surface area contributed by atoms with Crippen LogP contribution in [0, 0.1) is 11.3 Å². The average molecular weight is 162 g/mol. The third-order valence-electron chi connectivity index (χ3n) is 1.06. The predicted molar refractivity (Wildman–Crippen MR) is 43.6 cm³/mol. The van der Waals surface area contributed by atoms with E-state index in [0.717, 1.165) is 4.88 Å². The van der Waals surface area contributed by atoms with Crippen LogP contribution >= 0.6 is 11.3 Å². The Balaban J connectivity index is 2.90. The van der Waals surface area contributed by atoms with E-state index < -0.39 is 0 Å². The lowest BCUT2D eigenvalue weighted by Crippen LogP contribution is -1.76. The molecule has 1 aromatic rings. The van der Waals surface area contributed by atoms with E-state index >= 15 is 0 Å². The molecule has 0 amide bonds. The van der Waals surface area contributed by atoms with Crippen LogP contribution in [0.1, 0.15) is 4.88 Å². The number of rotatable bonds is 2. The van der Waals surface area contributed by atoms with E-state index in [1.54, 1.807) is 12.4 Å². The van der Waals surface area contributed by atoms with Crippen LogP contribution in [-0.4, -0.2) is 6.29 Å². The monoisotopic (exact) mass is 162 g/mol. The molecule has 1 heterocycles. The van der Waals surface area contributed by atoms with Crippen molar-refractivity contribution in [2.45, 2.75) is 0 Å². The molecule has 0 aliphatic rings. The molecule has 3 heteroatoms. The summed E-state index contributed by atoms with van der Waals surface area (Å²) in [5.74, 6) is 0. The second kappa shape index (κ2) is 3.69. The van der Waals surface area contributed by atoms with Crippen LogP contribution in [0.4, 0.5) is 0 Å². The standard InChI is InChI=1S/C8H4NOS/c9-5-7(6-10)4-8-2-1-3-11-8/h1-4H/b7-4-. The molecule has 11 heavy (non-hydrogen) atoms. The van der Waals surface area contributed by atoms with Crippen molar-refractivity contribution in [1.82, 2.24) is 0 Å². The quantitative estimate of drug-likeness (QED) is 0.491. The van der Waals surface area contributed by atoms with Gasteiger partial charge in [-0.2, -0.15) is 5.26 Å². The second-order valence-electron chi connectivity index (χ2n) is 1.79. The van der Waals surface area contributed by atoms with Gasteiger partial charge in [-0.15, -0.1) is 11.3 Å². The van der Waals surface area contributed by atoms with E-state index in [0.29, 0.717) is 0 Å². The zero-order valence-corrected chi connectivity index (χ0v) is 6.39. The molecule has 0 aliphatic carbocycles. The molecule has 0 saturated heterocycles. The predicted octanol–water partition coefficient (Wildman–Crippen LogP) is 1.76. The first-order valence-corrected chi connectivity index (χ1v) is 3.78. The highest BCUT2D eigenvalue weighted by molar-refractivity contribution is 7.10. The van der Waals surface area contributed by atoms with Gasteiger partial charge in [-0.25, -0.2) is 0 Å². The maximum atomic E-state index is 10.1. The zero-order chi connectivity index (χ0) is 8.10. The highest BCUT2D eigenvalue weighted by Gasteiger charge is 1.94. The van der Waals surface area contributed by atoms with E-state index in [2.05, 4.69) is 0 Å². The summed E-state index contributed by atoms with van der Waals surface area (Å²) in [4.78, 5) is 10.9. The normalized spacial score (nSPS) is 10.6. The van der Waals surface area contributed by atoms with Gasteiger partial charge < -0.3 is 0 Å². The number of allylic oxidation sites excluding steroid dienone is 1. The van der Waals surface area contributed by atoms with Crippen LogP contribution in [0.3, 0.4) is 0 Å². The van der Waals surface area contributed by atoms with Gasteiger partial charge in [0.2, 0.25) is 6.29 Å². The highest BCUT2D eigenvalue weighted by atomic mass is 32.1. The number of carbonyl (C=O) groups excluding carboxylic acids is 1. The first kappa shape index (κ1) is 7.70. The van der Waals surface area contributed by atoms with Crippen molar-refractivity contribution < 1.29 is 4.79 Å². The van der Waals surface area contributed by atoms with Crippen molar-refractivity contribution in [2.75, 3.05) is 0 Å². The molecular weight excluding hydrogens is 158 g/mol. The van der Waals surface area contributed by atoms with Crippen molar-refractivity contribution in [3.8, 4) is 6.07 Å². The van der Waals surface area contributed by atoms with Crippen molar-refractivity contribution in [3.63, 3.8) is 0 Å². The minimum Gasteiger partial charge on any atom is -0.284 e. The van der Waals surface area contributed by atoms with Crippen LogP contribution in [0.15, 0.2) is 23.1 Å². The molecule has 0 unspecified atom stereocenters. The maximum Gasteiger partial charge on any atom is 0.244 e. The van der Waals surface area contributed by atoms with E-state index in [4.69, 9.17) is 5.26 Å². The number of hydrogen-bond donors (Lipinski definition) is 0. The molecule has 1 aromatic heterocycles. The molecule has 53 valence electrons. The van der Waals surface area contributed by atoms with Crippen LogP contribution in [0.5, 0.6) is 0 Å². The number of nitrogens with zero attached hydrogens (tertiary/aromatic N) is 1. The van der Waals surface area contributed by atoms with Crippen LogP contribution < -0.4 is 0 Å². The van der Waals surface area contributed by atoms with Crippen molar-refractivity contribution in [2.24, 2.45) is 0 Å². The molecule has 0 bridgehead atoms. The minimum atomic E-state index is 0.0347. The Morgan fingerprint density at radius 3 is 3.00 bits per heavy atom. The Bertz CT molecular complexity index is 305. The average Bonchev–Trinajstić information content (AvgIpc) is 2.52. The summed E-state index contributed by atoms with van der Waals surface area (Å²) in [6, 6.07) is 5.42. The SMILES string of the molecule is N#C/C([C]=O)=C/c1cccs1. The second-order valence-corrected chi connectivity index (χ2v) is 2.77. The molecule has 1 radical (unpaired) electrons. The summed E-state index contributed by atoms with van der Waals surface area (Å²) in [6.45, 7) is 0. The summed E-state index contributed by atoms with van der Waals surface area (Å²) in [6.07, 6.45) is 3.06. The Kier molecular flexibility index (Phi) is 2.59. The van der Waals surface area contributed by atoms with Gasteiger partial charge >= 0.3 is 0 Å². The third-order valence-corrected chi connectivity index (χ3v) is 1.88. The van der Waals surface area contributed by atoms with Crippen LogP contribution in [0.25, 0.3) is 6.08 Å². The van der Waals surface area contributed by atoms with Gasteiger partial charge in [0.25, 0.3) is 0 Å². The van der Waals surface area contributed by atoms with Crippen LogP contribution in [-0.2, 0) is 4.79 Å². The third kappa shape index (κ3) is 2.03. The Labute approximate surface area is 68.4 Å². The van der Waals surface area contributed by atoms with Gasteiger partial charge in [-0.3, -0.25) is 4.79 Å². The lowest BCUT2D eigenvalue weighted by Gasteiger charge is -1.80. The van der Waals surface area contributed by atoms with Gasteiger partial charge in [0, 0.05) is 4.88 Å². The maximum absolute atomic E-state index is 10.1. The van der Waals surface area contributed by atoms with Gasteiger partial charge in [0.05, 0.1) is 0 Å². The van der Waals surface area contributed by atoms with E-state index in [9.17, 15) is 4.79 Å². The number of hydrogen-bond acceptors (Lipinski definition) is 3. The Hall–Kier alpha value is -1.40. The van der Waals surface area contributed by atoms with Gasteiger partial charge in [0.1, 0.15) is 11.6 Å². The van der Waals surface area contributed by atoms with Crippen LogP contribution in [0.2, 0.25) is 0 Å². The summed E-state index contributed by atoms with van der Waals surface area (Å²) in [5.41, 5.74) is 0.0347. The van der Waals surface area contributed by atoms with Gasteiger partial charge in [-0.05, 0) is 17.5 Å².